The van der Waals surface area contributed by atoms with Crippen LogP contribution in [0.4, 0.5) is 0 Å². The molecule has 27 rings (SSSR count). The molecule has 17 heteroatoms. The van der Waals surface area contributed by atoms with Gasteiger partial charge in [-0.3, -0.25) is 0 Å². The van der Waals surface area contributed by atoms with Crippen LogP contribution in [0.5, 0.6) is 0 Å². The molecule has 0 spiro atoms. The Morgan fingerprint density at radius 3 is 0.971 bits per heavy atom. The van der Waals surface area contributed by atoms with E-state index in [1.807, 2.05) is 12.1 Å². The number of rotatable bonds is 9. The number of aromatic nitrogens is 16. The van der Waals surface area contributed by atoms with E-state index >= 15 is 0 Å². The highest BCUT2D eigenvalue weighted by atomic mass is 15.2. The first kappa shape index (κ1) is 83.1. The van der Waals surface area contributed by atoms with Crippen molar-refractivity contribution in [2.75, 3.05) is 0 Å². The average molecular weight is 1790 g/mol. The van der Waals surface area contributed by atoms with Crippen molar-refractivity contribution in [1.82, 2.24) is 36.0 Å². The third-order valence-electron chi connectivity index (χ3n) is 27.9. The fourth-order valence-electron chi connectivity index (χ4n) is 20.8. The van der Waals surface area contributed by atoms with E-state index in [1.54, 1.807) is 0 Å². The van der Waals surface area contributed by atoms with Gasteiger partial charge in [0.25, 0.3) is 12.7 Å². The van der Waals surface area contributed by atoms with E-state index in [9.17, 15) is 5.26 Å². The summed E-state index contributed by atoms with van der Waals surface area (Å²) in [5, 5.41) is 21.3. The van der Waals surface area contributed by atoms with Crippen LogP contribution in [0.15, 0.2) is 421 Å². The molecule has 27 aromatic rings. The molecule has 0 unspecified atom stereocenters. The van der Waals surface area contributed by atoms with Crippen molar-refractivity contribution in [1.29, 1.82) is 5.26 Å². The van der Waals surface area contributed by atoms with Gasteiger partial charge in [-0.15, -0.1) is 0 Å². The SMILES string of the molecule is C[n+]1cc2c3ccccc3c3cc4c5ccccc5c5c[n+](C)cn5c4cc3n2c1.C[n+]1cc2c3ccccc3c3ccc(-n4c[n+](C)c5ccccc54)cc3n2c1.Cc1cc2c(cc1C)[n+](C)cn2-c1cc(C#N)cc(-n2c[n+](C)c3cc(C)c(C)cc32)c1.c1ccc(-c2ccc(-[n+]3cn(-c4cccc(-n5c[n+](-c6ccc(-c7ccccc7)cc6)c6ccccc65)c4)c4ccccc43)cc2)cc1. The lowest BCUT2D eigenvalue weighted by molar-refractivity contribution is -0.670. The second-order valence-corrected chi connectivity index (χ2v) is 36.7. The lowest BCUT2D eigenvalue weighted by atomic mass is 9.99. The monoisotopic (exact) mass is 1790 g/mol. The lowest BCUT2D eigenvalue weighted by Gasteiger charge is -2.08. The third kappa shape index (κ3) is 14.2. The Morgan fingerprint density at radius 1 is 0.210 bits per heavy atom. The fraction of sp³-hybridized carbons (Fsp3) is 0.0826. The summed E-state index contributed by atoms with van der Waals surface area (Å²) in [6, 6.07) is 128. The number of para-hydroxylation sites is 6. The first-order chi connectivity index (χ1) is 67.4. The van der Waals surface area contributed by atoms with Crippen LogP contribution < -0.4 is 36.5 Å². The van der Waals surface area contributed by atoms with Crippen LogP contribution in [0.3, 0.4) is 0 Å². The molecular formula is C121H99N17+8. The first-order valence-electron chi connectivity index (χ1n) is 46.8. The van der Waals surface area contributed by atoms with Gasteiger partial charge in [0.1, 0.15) is 75.0 Å². The average Bonchev–Trinajstić information content (AvgIpc) is 1.44. The van der Waals surface area contributed by atoms with E-state index in [1.165, 1.54) is 148 Å². The van der Waals surface area contributed by atoms with Gasteiger partial charge in [0.2, 0.25) is 38.0 Å². The van der Waals surface area contributed by atoms with E-state index < -0.39 is 0 Å². The predicted octanol–water partition coefficient (Wildman–Crippen LogP) is 22.1. The number of benzene rings is 16. The molecule has 11 aromatic heterocycles. The van der Waals surface area contributed by atoms with Gasteiger partial charge in [-0.25, -0.2) is 27.4 Å². The van der Waals surface area contributed by atoms with Crippen LogP contribution in [-0.2, 0) is 42.3 Å². The maximum atomic E-state index is 9.80. The second kappa shape index (κ2) is 33.3. The highest BCUT2D eigenvalue weighted by Gasteiger charge is 2.29. The van der Waals surface area contributed by atoms with Crippen molar-refractivity contribution in [3.63, 3.8) is 0 Å². The van der Waals surface area contributed by atoms with E-state index in [0.717, 1.165) is 72.9 Å². The Hall–Kier alpha value is -18.0. The summed E-state index contributed by atoms with van der Waals surface area (Å²) in [6.07, 6.45) is 23.8. The largest absolute Gasteiger partial charge is 0.255 e. The van der Waals surface area contributed by atoms with Crippen molar-refractivity contribution in [2.24, 2.45) is 42.3 Å². The Kier molecular flexibility index (Phi) is 20.1. The maximum Gasteiger partial charge on any atom is 0.255 e. The zero-order chi connectivity index (χ0) is 93.4. The molecule has 0 aliphatic heterocycles. The van der Waals surface area contributed by atoms with Crippen molar-refractivity contribution in [3.8, 4) is 68.1 Å². The molecule has 11 heterocycles. The Morgan fingerprint density at radius 2 is 0.536 bits per heavy atom. The summed E-state index contributed by atoms with van der Waals surface area (Å²) in [5.41, 5.74) is 37.1. The third-order valence-corrected chi connectivity index (χ3v) is 27.9. The quantitative estimate of drug-likeness (QED) is 0.0804. The molecule has 16 aromatic carbocycles. The first-order valence-corrected chi connectivity index (χ1v) is 46.8. The van der Waals surface area contributed by atoms with Gasteiger partial charge in [0, 0.05) is 68.7 Å². The summed E-state index contributed by atoms with van der Waals surface area (Å²) in [4.78, 5) is 0. The molecule has 0 amide bonds. The molecule has 0 saturated heterocycles. The number of aryl methyl sites for hydroxylation is 10. The molecule has 660 valence electrons. The summed E-state index contributed by atoms with van der Waals surface area (Å²) in [5.74, 6) is 0. The molecular weight excluding hydrogens is 1690 g/mol. The maximum absolute atomic E-state index is 9.80. The van der Waals surface area contributed by atoms with Crippen LogP contribution >= 0.6 is 0 Å². The van der Waals surface area contributed by atoms with Gasteiger partial charge in [0.05, 0.1) is 53.9 Å². The molecule has 0 aliphatic carbocycles. The van der Waals surface area contributed by atoms with E-state index in [0.29, 0.717) is 5.56 Å². The van der Waals surface area contributed by atoms with Gasteiger partial charge in [0.15, 0.2) is 71.7 Å². The highest BCUT2D eigenvalue weighted by molar-refractivity contribution is 6.20. The molecule has 0 radical (unpaired) electrons. The minimum Gasteiger partial charge on any atom is -0.238 e. The second-order valence-electron chi connectivity index (χ2n) is 36.7. The Balaban J connectivity index is 0.000000103. The van der Waals surface area contributed by atoms with Crippen molar-refractivity contribution < 1.29 is 36.5 Å². The molecule has 0 bridgehead atoms. The normalized spacial score (nSPS) is 11.7. The summed E-state index contributed by atoms with van der Waals surface area (Å²) >= 11 is 0. The molecule has 0 aliphatic rings. The van der Waals surface area contributed by atoms with Gasteiger partial charge >= 0.3 is 0 Å². The number of fused-ring (bicyclic) bond motifs is 23. The molecule has 0 saturated carbocycles. The van der Waals surface area contributed by atoms with Gasteiger partial charge in [-0.1, -0.05) is 182 Å². The Bertz CT molecular complexity index is 9250. The predicted molar refractivity (Wildman–Crippen MR) is 552 cm³/mol. The number of nitrogens with zero attached hydrogens (tertiary/aromatic N) is 17. The van der Waals surface area contributed by atoms with Gasteiger partial charge in [-0.05, 0) is 222 Å². The molecule has 0 atom stereocenters. The molecule has 138 heavy (non-hydrogen) atoms. The van der Waals surface area contributed by atoms with Crippen LogP contribution in [0.1, 0.15) is 27.8 Å². The lowest BCUT2D eigenvalue weighted by Crippen LogP contribution is -2.28. The topological polar surface area (TPSA) is 92.7 Å². The number of hydrogen-bond donors (Lipinski definition) is 0. The van der Waals surface area contributed by atoms with E-state index in [4.69, 9.17) is 0 Å². The Labute approximate surface area is 796 Å². The number of pyridine rings is 3. The summed E-state index contributed by atoms with van der Waals surface area (Å²) in [7, 11) is 12.5. The van der Waals surface area contributed by atoms with Gasteiger partial charge < -0.3 is 0 Å². The van der Waals surface area contributed by atoms with Crippen LogP contribution in [0, 0.1) is 39.0 Å². The van der Waals surface area contributed by atoms with Crippen LogP contribution in [-0.4, -0.2) is 36.0 Å². The minimum atomic E-state index is 0.638. The molecule has 0 fully saturated rings. The minimum absolute atomic E-state index is 0.638. The van der Waals surface area contributed by atoms with Crippen LogP contribution in [0.25, 0.3) is 199 Å². The number of nitriles is 1. The summed E-state index contributed by atoms with van der Waals surface area (Å²) in [6.45, 7) is 8.56. The number of imidazole rings is 8. The fourth-order valence-corrected chi connectivity index (χ4v) is 20.8. The van der Waals surface area contributed by atoms with Crippen molar-refractivity contribution in [3.05, 3.63) is 449 Å². The van der Waals surface area contributed by atoms with Crippen LogP contribution in [0.2, 0.25) is 0 Å². The van der Waals surface area contributed by atoms with E-state index in [-0.39, 0.29) is 0 Å². The van der Waals surface area contributed by atoms with Gasteiger partial charge in [-0.2, -0.15) is 50.4 Å². The zero-order valence-corrected chi connectivity index (χ0v) is 78.4. The standard InChI is InChI=1S/C44H32N4.C27H27N5.C26H20N4.C24H20N4/c1-3-12-33(13-4-1)35-22-26-37(27-23-35)45-31-47(43-20-9-7-18-41(43)45)39-16-11-17-40(30-39)48-32-46(42-19-8-10-21-44(42)48)38-28-24-36(25-29-38)34-14-5-2-6-15-34;1-17-7-24-26(9-19(17)3)31(15-29(24)5)22-11-21(14-28)12-23(13-22)32-16-30(6)25-8-18(2)20(4)10-27(25)32;1-27-13-25-19-9-5-3-7-17(19)21-11-22-18-8-4-6-10-20(18)26-14-28(2)16-30(26)24(22)12-23(21)29(25)15-27;1-25-14-24-19-8-4-3-7-18(19)20-12-11-17(13-23(20)28(24)15-25)27-16-26(2)21-9-5-6-10-22(21)27/h1-32H;7-13,15-16H,1-6H3;3-16H,1-2H3;3-16H,1-2H3/q4*+2. The molecule has 0 N–H and O–H groups in total. The van der Waals surface area contributed by atoms with Crippen molar-refractivity contribution in [2.45, 2.75) is 27.7 Å². The highest BCUT2D eigenvalue weighted by Crippen LogP contribution is 2.39. The molecule has 17 nitrogen and oxygen atoms in total. The van der Waals surface area contributed by atoms with E-state index in [2.05, 4.69) is 558 Å². The number of hydrogen-bond acceptors (Lipinski definition) is 1. The zero-order valence-electron chi connectivity index (χ0n) is 78.4. The smallest absolute Gasteiger partial charge is 0.238 e. The summed E-state index contributed by atoms with van der Waals surface area (Å²) < 4.78 is 35.5. The van der Waals surface area contributed by atoms with Crippen molar-refractivity contribution >= 4 is 137 Å².